The number of hydrogen-bond acceptors (Lipinski definition) is 4. The molecule has 0 aliphatic heterocycles. The number of carbonyl (C=O) groups excluding carboxylic acids is 1. The number of rotatable bonds is 7. The van der Waals surface area contributed by atoms with E-state index in [0.717, 1.165) is 10.0 Å². The molecule has 0 unspecified atom stereocenters. The Bertz CT molecular complexity index is 760. The molecule has 6 heteroatoms. The first-order valence-electron chi connectivity index (χ1n) is 7.15. The molecular weight excluding hydrogens is 372 g/mol. The van der Waals surface area contributed by atoms with Crippen LogP contribution >= 0.6 is 15.9 Å². The molecule has 24 heavy (non-hydrogen) atoms. The predicted molar refractivity (Wildman–Crippen MR) is 97.9 cm³/mol. The van der Waals surface area contributed by atoms with Gasteiger partial charge in [-0.3, -0.25) is 4.79 Å². The summed E-state index contributed by atoms with van der Waals surface area (Å²) in [5.41, 5.74) is 3.63. The Balaban J connectivity index is 2.13. The quantitative estimate of drug-likeness (QED) is 0.445. The summed E-state index contributed by atoms with van der Waals surface area (Å²) in [6, 6.07) is 12.6. The van der Waals surface area contributed by atoms with Crippen LogP contribution in [0.4, 0.5) is 0 Å². The first kappa shape index (κ1) is 17.7. The molecule has 0 atom stereocenters. The number of ether oxygens (including phenoxy) is 2. The van der Waals surface area contributed by atoms with Crippen LogP contribution in [0.2, 0.25) is 0 Å². The lowest BCUT2D eigenvalue weighted by Crippen LogP contribution is -2.19. The third-order valence-corrected chi connectivity index (χ3v) is 3.54. The molecule has 124 valence electrons. The van der Waals surface area contributed by atoms with Gasteiger partial charge in [0.2, 0.25) is 0 Å². The minimum atomic E-state index is -0.374. The zero-order valence-electron chi connectivity index (χ0n) is 13.2. The van der Waals surface area contributed by atoms with Crippen molar-refractivity contribution in [1.82, 2.24) is 5.43 Å². The minimum Gasteiger partial charge on any atom is -0.496 e. The second-order valence-corrected chi connectivity index (χ2v) is 5.60. The minimum absolute atomic E-state index is 0.312. The van der Waals surface area contributed by atoms with E-state index in [1.165, 1.54) is 6.21 Å². The van der Waals surface area contributed by atoms with E-state index in [1.54, 1.807) is 31.4 Å². The summed E-state index contributed by atoms with van der Waals surface area (Å²) >= 11 is 3.35. The molecule has 2 rings (SSSR count). The Hall–Kier alpha value is -2.60. The van der Waals surface area contributed by atoms with E-state index in [0.29, 0.717) is 23.7 Å². The summed E-state index contributed by atoms with van der Waals surface area (Å²) in [7, 11) is 1.58. The van der Waals surface area contributed by atoms with Crippen molar-refractivity contribution in [3.63, 3.8) is 0 Å². The highest BCUT2D eigenvalue weighted by Gasteiger charge is 2.12. The highest BCUT2D eigenvalue weighted by molar-refractivity contribution is 9.10. The molecule has 0 aromatic heterocycles. The zero-order chi connectivity index (χ0) is 17.4. The number of carbonyl (C=O) groups is 1. The van der Waals surface area contributed by atoms with Crippen LogP contribution in [0, 0.1) is 0 Å². The number of nitrogens with zero attached hydrogens (tertiary/aromatic N) is 1. The van der Waals surface area contributed by atoms with Crippen molar-refractivity contribution in [2.45, 2.75) is 0 Å². The van der Waals surface area contributed by atoms with Gasteiger partial charge in [0.1, 0.15) is 18.1 Å². The van der Waals surface area contributed by atoms with Gasteiger partial charge in [-0.2, -0.15) is 5.10 Å². The molecule has 1 amide bonds. The van der Waals surface area contributed by atoms with Gasteiger partial charge in [-0.25, -0.2) is 5.43 Å². The van der Waals surface area contributed by atoms with Crippen LogP contribution in [-0.4, -0.2) is 25.8 Å². The second kappa shape index (κ2) is 8.88. The maximum absolute atomic E-state index is 12.3. The molecule has 0 aliphatic carbocycles. The summed E-state index contributed by atoms with van der Waals surface area (Å²) in [5.74, 6) is 0.762. The lowest BCUT2D eigenvalue weighted by Gasteiger charge is -2.09. The number of benzene rings is 2. The van der Waals surface area contributed by atoms with Crippen molar-refractivity contribution in [3.05, 3.63) is 70.7 Å². The monoisotopic (exact) mass is 388 g/mol. The standard InChI is InChI=1S/C18H17BrN2O3/c1-3-10-24-17-9-8-14(19)11-15(17)18(22)21-20-12-13-6-4-5-7-16(13)23-2/h3-9,11-12H,1,10H2,2H3,(H,21,22). The number of hydrazone groups is 1. The maximum Gasteiger partial charge on any atom is 0.275 e. The fraction of sp³-hybridized carbons (Fsp3) is 0.111. The van der Waals surface area contributed by atoms with Gasteiger partial charge in [0.05, 0.1) is 18.9 Å². The molecule has 0 spiro atoms. The summed E-state index contributed by atoms with van der Waals surface area (Å²) in [4.78, 5) is 12.3. The molecule has 2 aromatic rings. The lowest BCUT2D eigenvalue weighted by molar-refractivity contribution is 0.0951. The van der Waals surface area contributed by atoms with Crippen LogP contribution in [0.1, 0.15) is 15.9 Å². The fourth-order valence-corrected chi connectivity index (χ4v) is 2.31. The highest BCUT2D eigenvalue weighted by Crippen LogP contribution is 2.23. The van der Waals surface area contributed by atoms with Gasteiger partial charge in [-0.15, -0.1) is 0 Å². The van der Waals surface area contributed by atoms with E-state index < -0.39 is 0 Å². The molecular formula is C18H17BrN2O3. The van der Waals surface area contributed by atoms with E-state index in [4.69, 9.17) is 9.47 Å². The molecule has 0 bridgehead atoms. The largest absolute Gasteiger partial charge is 0.496 e. The summed E-state index contributed by atoms with van der Waals surface area (Å²) in [6.45, 7) is 3.91. The summed E-state index contributed by atoms with van der Waals surface area (Å²) in [5, 5.41) is 3.98. The van der Waals surface area contributed by atoms with Crippen molar-refractivity contribution in [1.29, 1.82) is 0 Å². The van der Waals surface area contributed by atoms with Gasteiger partial charge in [-0.1, -0.05) is 40.7 Å². The van der Waals surface area contributed by atoms with Crippen LogP contribution in [-0.2, 0) is 0 Å². The van der Waals surface area contributed by atoms with Crippen molar-refractivity contribution < 1.29 is 14.3 Å². The fourth-order valence-electron chi connectivity index (χ4n) is 1.95. The van der Waals surface area contributed by atoms with Crippen LogP contribution in [0.5, 0.6) is 11.5 Å². The molecule has 2 aromatic carbocycles. The SMILES string of the molecule is C=CCOc1ccc(Br)cc1C(=O)NN=Cc1ccccc1OC. The number of methoxy groups -OCH3 is 1. The van der Waals surface area contributed by atoms with Crippen LogP contribution in [0.25, 0.3) is 0 Å². The van der Waals surface area contributed by atoms with E-state index in [1.807, 2.05) is 24.3 Å². The van der Waals surface area contributed by atoms with Crippen LogP contribution in [0.15, 0.2) is 64.7 Å². The Labute approximate surface area is 149 Å². The number of amides is 1. The van der Waals surface area contributed by atoms with Gasteiger partial charge in [0.25, 0.3) is 5.91 Å². The average Bonchev–Trinajstić information content (AvgIpc) is 2.61. The first-order valence-corrected chi connectivity index (χ1v) is 7.94. The van der Waals surface area contributed by atoms with Crippen molar-refractivity contribution in [2.75, 3.05) is 13.7 Å². The molecule has 0 aliphatic rings. The number of hydrogen-bond donors (Lipinski definition) is 1. The van der Waals surface area contributed by atoms with Gasteiger partial charge in [0.15, 0.2) is 0 Å². The topological polar surface area (TPSA) is 59.9 Å². The van der Waals surface area contributed by atoms with Gasteiger partial charge < -0.3 is 9.47 Å². The van der Waals surface area contributed by atoms with Gasteiger partial charge in [0, 0.05) is 10.0 Å². The van der Waals surface area contributed by atoms with Crippen molar-refractivity contribution >= 4 is 28.1 Å². The van der Waals surface area contributed by atoms with Crippen LogP contribution in [0.3, 0.4) is 0 Å². The maximum atomic E-state index is 12.3. The van der Waals surface area contributed by atoms with Crippen molar-refractivity contribution in [2.24, 2.45) is 5.10 Å². The Kier molecular flexibility index (Phi) is 6.57. The third kappa shape index (κ3) is 4.70. The molecule has 5 nitrogen and oxygen atoms in total. The molecule has 0 saturated carbocycles. The lowest BCUT2D eigenvalue weighted by atomic mass is 10.2. The molecule has 0 fully saturated rings. The number of para-hydroxylation sites is 1. The summed E-state index contributed by atoms with van der Waals surface area (Å²) < 4.78 is 11.5. The Morgan fingerprint density at radius 1 is 1.29 bits per heavy atom. The molecule has 0 radical (unpaired) electrons. The smallest absolute Gasteiger partial charge is 0.275 e. The summed E-state index contributed by atoms with van der Waals surface area (Å²) in [6.07, 6.45) is 3.14. The van der Waals surface area contributed by atoms with Gasteiger partial charge in [-0.05, 0) is 30.3 Å². The van der Waals surface area contributed by atoms with E-state index in [2.05, 4.69) is 33.0 Å². The molecule has 0 heterocycles. The molecule has 1 N–H and O–H groups in total. The molecule has 0 saturated heterocycles. The van der Waals surface area contributed by atoms with Crippen LogP contribution < -0.4 is 14.9 Å². The zero-order valence-corrected chi connectivity index (χ0v) is 14.7. The number of halogens is 1. The number of nitrogens with one attached hydrogen (secondary N) is 1. The van der Waals surface area contributed by atoms with E-state index >= 15 is 0 Å². The predicted octanol–water partition coefficient (Wildman–Crippen LogP) is 3.79. The first-order chi connectivity index (χ1) is 11.7. The van der Waals surface area contributed by atoms with E-state index in [9.17, 15) is 4.79 Å². The normalized spacial score (nSPS) is 10.4. The van der Waals surface area contributed by atoms with Gasteiger partial charge >= 0.3 is 0 Å². The Morgan fingerprint density at radius 2 is 2.08 bits per heavy atom. The third-order valence-electron chi connectivity index (χ3n) is 3.05. The second-order valence-electron chi connectivity index (χ2n) is 4.68. The average molecular weight is 389 g/mol. The van der Waals surface area contributed by atoms with Crippen molar-refractivity contribution in [3.8, 4) is 11.5 Å². The highest BCUT2D eigenvalue weighted by atomic mass is 79.9. The Morgan fingerprint density at radius 3 is 2.83 bits per heavy atom. The van der Waals surface area contributed by atoms with E-state index in [-0.39, 0.29) is 5.91 Å².